The number of unbranched alkanes of at least 4 members (excludes halogenated alkanes) is 18. The van der Waals surface area contributed by atoms with E-state index >= 15 is 0 Å². The van der Waals surface area contributed by atoms with Crippen molar-refractivity contribution in [3.8, 4) is 0 Å². The van der Waals surface area contributed by atoms with Crippen LogP contribution >= 0.6 is 0 Å². The maximum Gasteiger partial charge on any atom is 0.289 e. The van der Waals surface area contributed by atoms with E-state index < -0.39 is 83.0 Å². The molecule has 3 unspecified atom stereocenters. The van der Waals surface area contributed by atoms with E-state index in [9.17, 15) is 53.3 Å². The SMILES string of the molecule is CCCCCCCCCCCC(=O)NC(CC(CC(NC(=O)CCCCCCCCC)S(=O)(=O)O)(NC(=O)CCCCCCC)S(=O)(=O)O)CS(=O)(=O)O. The smallest absolute Gasteiger partial charge is 0.289 e. The molecule has 3 atom stereocenters. The molecule has 0 aromatic heterocycles. The van der Waals surface area contributed by atoms with Crippen molar-refractivity contribution in [2.75, 3.05) is 5.75 Å². The lowest BCUT2D eigenvalue weighted by Crippen LogP contribution is -2.62. The van der Waals surface area contributed by atoms with Gasteiger partial charge in [0, 0.05) is 38.1 Å². The first-order valence-corrected chi connectivity index (χ1v) is 24.6. The molecule has 0 radical (unpaired) electrons. The molecule has 0 saturated carbocycles. The Morgan fingerprint density at radius 1 is 0.500 bits per heavy atom. The third-order valence-electron chi connectivity index (χ3n) is 9.43. The number of rotatable bonds is 35. The van der Waals surface area contributed by atoms with Crippen molar-refractivity contribution in [2.45, 2.75) is 204 Å². The van der Waals surface area contributed by atoms with Crippen LogP contribution in [0.4, 0.5) is 0 Å². The summed E-state index contributed by atoms with van der Waals surface area (Å²) < 4.78 is 106. The largest absolute Gasteiger partial charge is 0.352 e. The molecule has 320 valence electrons. The molecule has 0 spiro atoms. The highest BCUT2D eigenvalue weighted by Crippen LogP contribution is 2.29. The van der Waals surface area contributed by atoms with E-state index in [0.29, 0.717) is 38.5 Å². The summed E-state index contributed by atoms with van der Waals surface area (Å²) in [7, 11) is -15.8. The van der Waals surface area contributed by atoms with Crippen molar-refractivity contribution in [3.05, 3.63) is 0 Å². The van der Waals surface area contributed by atoms with Crippen LogP contribution in [0.2, 0.25) is 0 Å². The van der Waals surface area contributed by atoms with Gasteiger partial charge in [0.05, 0.1) is 5.75 Å². The Bertz CT molecular complexity index is 1390. The van der Waals surface area contributed by atoms with Gasteiger partial charge in [-0.2, -0.15) is 25.3 Å². The van der Waals surface area contributed by atoms with Crippen molar-refractivity contribution < 1.29 is 53.3 Å². The summed E-state index contributed by atoms with van der Waals surface area (Å²) in [4.78, 5) is 36.0. The fourth-order valence-electron chi connectivity index (χ4n) is 6.39. The second-order valence-corrected chi connectivity index (χ2v) is 19.5. The first-order chi connectivity index (χ1) is 25.3. The zero-order valence-electron chi connectivity index (χ0n) is 33.0. The molecule has 0 saturated heterocycles. The fraction of sp³-hybridized carbons (Fsp3) is 0.917. The van der Waals surface area contributed by atoms with Crippen molar-refractivity contribution >= 4 is 48.1 Å². The lowest BCUT2D eigenvalue weighted by atomic mass is 10.0. The molecule has 0 aromatic rings. The van der Waals surface area contributed by atoms with E-state index in [1.165, 1.54) is 6.42 Å². The Kier molecular flexibility index (Phi) is 27.5. The van der Waals surface area contributed by atoms with Crippen LogP contribution < -0.4 is 16.0 Å². The van der Waals surface area contributed by atoms with E-state index in [-0.39, 0.29) is 19.3 Å². The first-order valence-electron chi connectivity index (χ1n) is 20.1. The second kappa shape index (κ2) is 28.5. The van der Waals surface area contributed by atoms with Gasteiger partial charge < -0.3 is 16.0 Å². The van der Waals surface area contributed by atoms with E-state index in [1.54, 1.807) is 0 Å². The minimum atomic E-state index is -5.59. The monoisotopic (exact) mass is 833 g/mol. The Labute approximate surface area is 326 Å². The lowest BCUT2D eigenvalue weighted by Gasteiger charge is -2.36. The average molecular weight is 834 g/mol. The van der Waals surface area contributed by atoms with Gasteiger partial charge in [-0.25, -0.2) is 0 Å². The van der Waals surface area contributed by atoms with Gasteiger partial charge >= 0.3 is 0 Å². The predicted octanol–water partition coefficient (Wildman–Crippen LogP) is 6.59. The van der Waals surface area contributed by atoms with Crippen LogP contribution in [0.3, 0.4) is 0 Å². The Morgan fingerprint density at radius 3 is 1.20 bits per heavy atom. The quantitative estimate of drug-likeness (QED) is 0.0292. The maximum absolute atomic E-state index is 13.2. The van der Waals surface area contributed by atoms with E-state index in [4.69, 9.17) is 0 Å². The third kappa shape index (κ3) is 26.1. The minimum absolute atomic E-state index is 0.0802. The lowest BCUT2D eigenvalue weighted by molar-refractivity contribution is -0.122. The van der Waals surface area contributed by atoms with Gasteiger partial charge in [-0.15, -0.1) is 0 Å². The van der Waals surface area contributed by atoms with E-state index in [2.05, 4.69) is 29.8 Å². The summed E-state index contributed by atoms with van der Waals surface area (Å²) in [6.45, 7) is 6.21. The average Bonchev–Trinajstić information content (AvgIpc) is 3.05. The zero-order chi connectivity index (χ0) is 41.1. The van der Waals surface area contributed by atoms with Crippen molar-refractivity contribution in [2.24, 2.45) is 0 Å². The molecular formula is C36H71N3O12S3. The molecular weight excluding hydrogens is 763 g/mol. The van der Waals surface area contributed by atoms with E-state index in [0.717, 1.165) is 89.9 Å². The highest BCUT2D eigenvalue weighted by atomic mass is 32.2. The molecule has 0 fully saturated rings. The topological polar surface area (TPSA) is 250 Å². The maximum atomic E-state index is 13.2. The number of carbonyl (C=O) groups excluding carboxylic acids is 3. The number of carbonyl (C=O) groups is 3. The summed E-state index contributed by atoms with van der Waals surface area (Å²) >= 11 is 0. The van der Waals surface area contributed by atoms with Gasteiger partial charge in [-0.1, -0.05) is 136 Å². The normalized spacial score (nSPS) is 14.6. The van der Waals surface area contributed by atoms with Gasteiger partial charge in [0.1, 0.15) is 0 Å². The summed E-state index contributed by atoms with van der Waals surface area (Å²) in [5, 5.41) is 4.25. The Hall–Kier alpha value is -1.86. The highest BCUT2D eigenvalue weighted by molar-refractivity contribution is 7.88. The van der Waals surface area contributed by atoms with Crippen LogP contribution in [0.15, 0.2) is 0 Å². The van der Waals surface area contributed by atoms with Gasteiger partial charge in [0.25, 0.3) is 30.4 Å². The van der Waals surface area contributed by atoms with Crippen LogP contribution in [0.25, 0.3) is 0 Å². The van der Waals surface area contributed by atoms with Gasteiger partial charge in [0.15, 0.2) is 10.2 Å². The molecule has 0 aliphatic carbocycles. The molecule has 0 rings (SSSR count). The molecule has 0 heterocycles. The molecule has 54 heavy (non-hydrogen) atoms. The van der Waals surface area contributed by atoms with Gasteiger partial charge in [-0.05, 0) is 19.3 Å². The summed E-state index contributed by atoms with van der Waals surface area (Å²) in [6, 6.07) is -1.76. The molecule has 0 aromatic carbocycles. The standard InChI is InChI=1S/C36H71N3O12S3/c1-4-7-10-13-15-16-18-21-22-25-32(40)37-31(30-52(43,44)45)28-36(54(49,50)51,39-34(42)27-24-19-12-9-6-3)29-35(53(46,47)48)38-33(41)26-23-20-17-14-11-8-5-2/h31,35H,4-30H2,1-3H3,(H,37,40)(H,38,41)(H,39,42)(H,43,44,45)(H,46,47,48)(H,49,50,51). The highest BCUT2D eigenvalue weighted by Gasteiger charge is 2.50. The molecule has 15 nitrogen and oxygen atoms in total. The van der Waals surface area contributed by atoms with Crippen LogP contribution in [0.5, 0.6) is 0 Å². The number of hydrogen-bond donors (Lipinski definition) is 6. The second-order valence-electron chi connectivity index (χ2n) is 14.6. The van der Waals surface area contributed by atoms with Crippen molar-refractivity contribution in [1.82, 2.24) is 16.0 Å². The molecule has 0 aliphatic heterocycles. The van der Waals surface area contributed by atoms with Crippen LogP contribution in [-0.2, 0) is 44.7 Å². The van der Waals surface area contributed by atoms with E-state index in [1.807, 2.05) is 6.92 Å². The van der Waals surface area contributed by atoms with Crippen LogP contribution in [0.1, 0.15) is 188 Å². The Balaban J connectivity index is 6.28. The third-order valence-corrected chi connectivity index (χ3v) is 12.7. The first kappa shape index (κ1) is 52.1. The minimum Gasteiger partial charge on any atom is -0.352 e. The van der Waals surface area contributed by atoms with Gasteiger partial charge in [-0.3, -0.25) is 28.0 Å². The number of amides is 3. The number of nitrogens with one attached hydrogen (secondary N) is 3. The summed E-state index contributed by atoms with van der Waals surface area (Å²) in [5.74, 6) is -3.74. The van der Waals surface area contributed by atoms with Gasteiger partial charge in [0.2, 0.25) is 17.7 Å². The van der Waals surface area contributed by atoms with Crippen LogP contribution in [-0.4, -0.2) is 78.7 Å². The molecule has 6 N–H and O–H groups in total. The Morgan fingerprint density at radius 2 is 0.852 bits per heavy atom. The zero-order valence-corrected chi connectivity index (χ0v) is 35.4. The summed E-state index contributed by atoms with van der Waals surface area (Å²) in [5.41, 5.74) is 0. The number of hydrogen-bond acceptors (Lipinski definition) is 9. The van der Waals surface area contributed by atoms with Crippen LogP contribution in [0, 0.1) is 0 Å². The fourth-order valence-corrected chi connectivity index (χ4v) is 9.01. The molecule has 3 amide bonds. The molecule has 0 bridgehead atoms. The predicted molar refractivity (Wildman–Crippen MR) is 211 cm³/mol. The van der Waals surface area contributed by atoms with Crippen molar-refractivity contribution in [1.29, 1.82) is 0 Å². The molecule has 0 aliphatic rings. The molecule has 18 heteroatoms. The van der Waals surface area contributed by atoms with Crippen molar-refractivity contribution in [3.63, 3.8) is 0 Å². The summed E-state index contributed by atoms with van der Waals surface area (Å²) in [6.07, 6.45) is 15.2.